The summed E-state index contributed by atoms with van der Waals surface area (Å²) < 4.78 is 6.95. The van der Waals surface area contributed by atoms with Gasteiger partial charge in [-0.15, -0.1) is 0 Å². The van der Waals surface area contributed by atoms with E-state index in [9.17, 15) is 9.59 Å². The first-order chi connectivity index (χ1) is 15.9. The topological polar surface area (TPSA) is 64.4 Å². The number of amides is 1. The lowest BCUT2D eigenvalue weighted by molar-refractivity contribution is -0.135. The summed E-state index contributed by atoms with van der Waals surface area (Å²) in [4.78, 5) is 33.7. The number of hydrogen-bond acceptors (Lipinski definition) is 4. The maximum absolute atomic E-state index is 13.7. The number of fused-ring (bicyclic) bond motifs is 1. The van der Waals surface area contributed by atoms with Crippen LogP contribution in [0.15, 0.2) is 47.3 Å². The number of hydrogen-bond donors (Lipinski definition) is 0. The van der Waals surface area contributed by atoms with Gasteiger partial charge in [0.05, 0.1) is 29.2 Å². The molecule has 0 aliphatic rings. The van der Waals surface area contributed by atoms with Crippen molar-refractivity contribution in [3.05, 3.63) is 69.2 Å². The molecule has 0 N–H and O–H groups in total. The molecule has 3 rings (SSSR count). The molecule has 0 bridgehead atoms. The highest BCUT2D eigenvalue weighted by molar-refractivity contribution is 6.30. The van der Waals surface area contributed by atoms with E-state index in [1.165, 1.54) is 0 Å². The summed E-state index contributed by atoms with van der Waals surface area (Å²) in [6.45, 7) is 6.84. The number of nitrogens with zero attached hydrogens (tertiary/aromatic N) is 3. The molecule has 1 amide bonds. The van der Waals surface area contributed by atoms with Crippen LogP contribution in [0.4, 0.5) is 0 Å². The van der Waals surface area contributed by atoms with E-state index in [0.29, 0.717) is 53.4 Å². The fourth-order valence-electron chi connectivity index (χ4n) is 4.13. The van der Waals surface area contributed by atoms with Crippen molar-refractivity contribution in [1.82, 2.24) is 14.5 Å². The molecule has 7 heteroatoms. The maximum atomic E-state index is 13.7. The van der Waals surface area contributed by atoms with Gasteiger partial charge in [-0.2, -0.15) is 0 Å². The highest BCUT2D eigenvalue weighted by Crippen LogP contribution is 2.28. The number of ether oxygens (including phenoxy) is 1. The first-order valence-electron chi connectivity index (χ1n) is 11.5. The number of methoxy groups -OCH3 is 1. The summed E-state index contributed by atoms with van der Waals surface area (Å²) in [5, 5.41) is 1.13. The average Bonchev–Trinajstić information content (AvgIpc) is 2.81. The normalized spacial score (nSPS) is 12.2. The van der Waals surface area contributed by atoms with Crippen LogP contribution >= 0.6 is 11.6 Å². The molecule has 33 heavy (non-hydrogen) atoms. The van der Waals surface area contributed by atoms with Crippen LogP contribution in [0.5, 0.6) is 0 Å². The van der Waals surface area contributed by atoms with Crippen LogP contribution in [0, 0.1) is 6.92 Å². The molecular weight excluding hydrogens is 438 g/mol. The summed E-state index contributed by atoms with van der Waals surface area (Å²) in [5.74, 6) is 0.593. The molecular formula is C26H32ClN3O3. The number of unbranched alkanes of at least 4 members (excludes halogenated alkanes) is 1. The summed E-state index contributed by atoms with van der Waals surface area (Å²) in [5.41, 5.74) is 2.03. The number of aryl methyl sites for hydroxylation is 1. The van der Waals surface area contributed by atoms with Crippen LogP contribution in [0.2, 0.25) is 5.02 Å². The predicted octanol–water partition coefficient (Wildman–Crippen LogP) is 5.46. The summed E-state index contributed by atoms with van der Waals surface area (Å²) in [6.07, 6.45) is 2.81. The van der Waals surface area contributed by atoms with Gasteiger partial charge >= 0.3 is 0 Å². The molecule has 0 saturated carbocycles. The zero-order valence-electron chi connectivity index (χ0n) is 19.8. The lowest BCUT2D eigenvalue weighted by atomic mass is 10.1. The molecule has 2 aromatic carbocycles. The van der Waals surface area contributed by atoms with Gasteiger partial charge < -0.3 is 9.64 Å². The zero-order chi connectivity index (χ0) is 24.0. The number of para-hydroxylation sites is 1. The van der Waals surface area contributed by atoms with Crippen molar-refractivity contribution in [2.75, 3.05) is 20.3 Å². The molecule has 0 radical (unpaired) electrons. The fraction of sp³-hybridized carbons (Fsp3) is 0.423. The molecule has 6 nitrogen and oxygen atoms in total. The van der Waals surface area contributed by atoms with E-state index >= 15 is 0 Å². The van der Waals surface area contributed by atoms with Gasteiger partial charge in [0.15, 0.2) is 0 Å². The minimum atomic E-state index is -0.378. The number of carbonyl (C=O) groups excluding carboxylic acids is 1. The SMILES string of the molecule is CCCCC(=O)N(CCOC)C(CC)c1nc2ccccc2c(=O)n1-c1ccc(Cl)cc1C. The van der Waals surface area contributed by atoms with Crippen molar-refractivity contribution in [3.8, 4) is 5.69 Å². The Labute approximate surface area is 200 Å². The van der Waals surface area contributed by atoms with Gasteiger partial charge in [-0.3, -0.25) is 14.2 Å². The molecule has 1 heterocycles. The highest BCUT2D eigenvalue weighted by atomic mass is 35.5. The lowest BCUT2D eigenvalue weighted by Crippen LogP contribution is -2.40. The van der Waals surface area contributed by atoms with Gasteiger partial charge in [0.1, 0.15) is 5.82 Å². The second-order valence-corrected chi connectivity index (χ2v) is 8.60. The fourth-order valence-corrected chi connectivity index (χ4v) is 4.36. The molecule has 0 spiro atoms. The third kappa shape index (κ3) is 5.45. The Balaban J connectivity index is 2.27. The van der Waals surface area contributed by atoms with Crippen molar-refractivity contribution in [2.24, 2.45) is 0 Å². The smallest absolute Gasteiger partial charge is 0.266 e. The van der Waals surface area contributed by atoms with E-state index in [-0.39, 0.29) is 17.5 Å². The van der Waals surface area contributed by atoms with Gasteiger partial charge in [0.2, 0.25) is 5.91 Å². The Bertz CT molecular complexity index is 1180. The monoisotopic (exact) mass is 469 g/mol. The number of benzene rings is 2. The molecule has 1 unspecified atom stereocenters. The van der Waals surface area contributed by atoms with Crippen LogP contribution in [-0.4, -0.2) is 40.6 Å². The molecule has 0 fully saturated rings. The number of aromatic nitrogens is 2. The van der Waals surface area contributed by atoms with E-state index in [1.807, 2.05) is 49.1 Å². The minimum Gasteiger partial charge on any atom is -0.383 e. The summed E-state index contributed by atoms with van der Waals surface area (Å²) in [7, 11) is 1.62. The van der Waals surface area contributed by atoms with Crippen LogP contribution in [0.25, 0.3) is 16.6 Å². The first kappa shape index (κ1) is 24.9. The largest absolute Gasteiger partial charge is 0.383 e. The second-order valence-electron chi connectivity index (χ2n) is 8.17. The number of rotatable bonds is 10. The van der Waals surface area contributed by atoms with Crippen LogP contribution in [0.1, 0.15) is 57.0 Å². The van der Waals surface area contributed by atoms with Crippen LogP contribution in [0.3, 0.4) is 0 Å². The van der Waals surface area contributed by atoms with E-state index < -0.39 is 0 Å². The molecule has 1 atom stereocenters. The molecule has 0 aliphatic heterocycles. The predicted molar refractivity (Wildman–Crippen MR) is 133 cm³/mol. The Kier molecular flexibility index (Phi) is 8.64. The van der Waals surface area contributed by atoms with Gasteiger partial charge in [-0.05, 0) is 55.7 Å². The summed E-state index contributed by atoms with van der Waals surface area (Å²) >= 11 is 6.20. The van der Waals surface area contributed by atoms with E-state index in [2.05, 4.69) is 6.92 Å². The number of halogens is 1. The summed E-state index contributed by atoms with van der Waals surface area (Å²) in [6, 6.07) is 12.4. The highest BCUT2D eigenvalue weighted by Gasteiger charge is 2.29. The molecule has 0 aliphatic carbocycles. The van der Waals surface area contributed by atoms with Crippen LogP contribution in [-0.2, 0) is 9.53 Å². The lowest BCUT2D eigenvalue weighted by Gasteiger charge is -2.32. The quantitative estimate of drug-likeness (QED) is 0.395. The minimum absolute atomic E-state index is 0.0440. The second kappa shape index (κ2) is 11.4. The Morgan fingerprint density at radius 1 is 1.21 bits per heavy atom. The number of carbonyl (C=O) groups is 1. The average molecular weight is 470 g/mol. The first-order valence-corrected chi connectivity index (χ1v) is 11.9. The van der Waals surface area contributed by atoms with E-state index in [0.717, 1.165) is 18.4 Å². The van der Waals surface area contributed by atoms with Crippen molar-refractivity contribution >= 4 is 28.4 Å². The Morgan fingerprint density at radius 3 is 2.64 bits per heavy atom. The van der Waals surface area contributed by atoms with E-state index in [4.69, 9.17) is 21.3 Å². The standard InChI is InChI=1S/C26H32ClN3O3/c1-5-7-12-24(31)29(15-16-33-4)22(6-2)25-28-21-11-9-8-10-20(21)26(32)30(25)23-14-13-19(27)17-18(23)3/h8-11,13-14,17,22H,5-7,12,15-16H2,1-4H3. The third-order valence-corrected chi connectivity index (χ3v) is 6.10. The van der Waals surface area contributed by atoms with Gasteiger partial charge in [0, 0.05) is 25.1 Å². The van der Waals surface area contributed by atoms with Crippen molar-refractivity contribution < 1.29 is 9.53 Å². The molecule has 176 valence electrons. The molecule has 3 aromatic rings. The maximum Gasteiger partial charge on any atom is 0.266 e. The van der Waals surface area contributed by atoms with Gasteiger partial charge in [0.25, 0.3) is 5.56 Å². The van der Waals surface area contributed by atoms with Crippen molar-refractivity contribution in [3.63, 3.8) is 0 Å². The van der Waals surface area contributed by atoms with E-state index in [1.54, 1.807) is 23.8 Å². The molecule has 0 saturated heterocycles. The third-order valence-electron chi connectivity index (χ3n) is 5.86. The van der Waals surface area contributed by atoms with Gasteiger partial charge in [-0.25, -0.2) is 4.98 Å². The Hall–Kier alpha value is -2.70. The zero-order valence-corrected chi connectivity index (χ0v) is 20.6. The molecule has 1 aromatic heterocycles. The van der Waals surface area contributed by atoms with Crippen molar-refractivity contribution in [1.29, 1.82) is 0 Å². The van der Waals surface area contributed by atoms with Crippen LogP contribution < -0.4 is 5.56 Å². The van der Waals surface area contributed by atoms with Gasteiger partial charge in [-0.1, -0.05) is 44.0 Å². The van der Waals surface area contributed by atoms with Crippen molar-refractivity contribution in [2.45, 2.75) is 52.5 Å². The Morgan fingerprint density at radius 2 is 1.97 bits per heavy atom.